The summed E-state index contributed by atoms with van der Waals surface area (Å²) < 4.78 is 10.2. The predicted octanol–water partition coefficient (Wildman–Crippen LogP) is 2.36. The average Bonchev–Trinajstić information content (AvgIpc) is 2.82. The minimum atomic E-state index is 0.0125. The van der Waals surface area contributed by atoms with Crippen molar-refractivity contribution in [1.29, 1.82) is 0 Å². The number of thioether (sulfide) groups is 1. The van der Waals surface area contributed by atoms with E-state index in [-0.39, 0.29) is 11.5 Å². The second kappa shape index (κ2) is 5.68. The standard InChI is InChI=1S/C12H12N2O3S/c1-8-13-14-12(17-8)18-7-11(15)9-3-5-10(16-2)6-4-9/h3-6H,7H2,1-2H3. The zero-order valence-electron chi connectivity index (χ0n) is 10.0. The minimum Gasteiger partial charge on any atom is -0.497 e. The van der Waals surface area contributed by atoms with Crippen molar-refractivity contribution in [3.05, 3.63) is 35.7 Å². The Labute approximate surface area is 109 Å². The summed E-state index contributed by atoms with van der Waals surface area (Å²) >= 11 is 1.23. The van der Waals surface area contributed by atoms with Gasteiger partial charge in [-0.15, -0.1) is 10.2 Å². The lowest BCUT2D eigenvalue weighted by Gasteiger charge is -2.01. The van der Waals surface area contributed by atoms with Crippen LogP contribution in [-0.4, -0.2) is 28.8 Å². The fraction of sp³-hybridized carbons (Fsp3) is 0.250. The number of methoxy groups -OCH3 is 1. The molecule has 0 atom stereocenters. The van der Waals surface area contributed by atoms with Gasteiger partial charge >= 0.3 is 0 Å². The normalized spacial score (nSPS) is 10.3. The molecule has 0 saturated carbocycles. The Morgan fingerprint density at radius 2 is 2.06 bits per heavy atom. The van der Waals surface area contributed by atoms with Gasteiger partial charge in [-0.2, -0.15) is 0 Å². The van der Waals surface area contributed by atoms with Gasteiger partial charge < -0.3 is 9.15 Å². The van der Waals surface area contributed by atoms with Crippen LogP contribution in [0.4, 0.5) is 0 Å². The molecule has 0 radical (unpaired) electrons. The van der Waals surface area contributed by atoms with Crippen LogP contribution in [0.2, 0.25) is 0 Å². The van der Waals surface area contributed by atoms with E-state index in [0.717, 1.165) is 5.75 Å². The molecular formula is C12H12N2O3S. The molecular weight excluding hydrogens is 252 g/mol. The van der Waals surface area contributed by atoms with Crippen molar-refractivity contribution >= 4 is 17.5 Å². The van der Waals surface area contributed by atoms with E-state index in [4.69, 9.17) is 9.15 Å². The summed E-state index contributed by atoms with van der Waals surface area (Å²) in [7, 11) is 1.59. The van der Waals surface area contributed by atoms with Crippen molar-refractivity contribution < 1.29 is 13.9 Å². The zero-order valence-corrected chi connectivity index (χ0v) is 10.9. The Kier molecular flexibility index (Phi) is 3.99. The largest absolute Gasteiger partial charge is 0.497 e. The number of Topliss-reactive ketones (excluding diaryl/α,β-unsaturated/α-hetero) is 1. The van der Waals surface area contributed by atoms with Gasteiger partial charge in [0.1, 0.15) is 5.75 Å². The predicted molar refractivity (Wildman–Crippen MR) is 67.1 cm³/mol. The molecule has 5 nitrogen and oxygen atoms in total. The van der Waals surface area contributed by atoms with Gasteiger partial charge in [0.15, 0.2) is 5.78 Å². The van der Waals surface area contributed by atoms with Crippen LogP contribution >= 0.6 is 11.8 Å². The number of hydrogen-bond donors (Lipinski definition) is 0. The van der Waals surface area contributed by atoms with Crippen LogP contribution in [-0.2, 0) is 0 Å². The van der Waals surface area contributed by atoms with Gasteiger partial charge in [0, 0.05) is 12.5 Å². The highest BCUT2D eigenvalue weighted by Gasteiger charge is 2.10. The fourth-order valence-corrected chi connectivity index (χ4v) is 2.02. The molecule has 2 aromatic rings. The zero-order chi connectivity index (χ0) is 13.0. The second-order valence-corrected chi connectivity index (χ2v) is 4.45. The van der Waals surface area contributed by atoms with Gasteiger partial charge in [0.25, 0.3) is 5.22 Å². The van der Waals surface area contributed by atoms with Crippen molar-refractivity contribution in [2.75, 3.05) is 12.9 Å². The Morgan fingerprint density at radius 3 is 2.61 bits per heavy atom. The molecule has 0 aliphatic carbocycles. The minimum absolute atomic E-state index is 0.0125. The first-order valence-corrected chi connectivity index (χ1v) is 6.28. The van der Waals surface area contributed by atoms with Crippen LogP contribution in [0, 0.1) is 6.92 Å². The molecule has 6 heteroatoms. The number of rotatable bonds is 5. The molecule has 0 fully saturated rings. The number of aromatic nitrogens is 2. The van der Waals surface area contributed by atoms with E-state index >= 15 is 0 Å². The monoisotopic (exact) mass is 264 g/mol. The number of ketones is 1. The third kappa shape index (κ3) is 3.10. The van der Waals surface area contributed by atoms with Gasteiger partial charge in [0.05, 0.1) is 12.9 Å². The fourth-order valence-electron chi connectivity index (χ4n) is 1.32. The van der Waals surface area contributed by atoms with Gasteiger partial charge in [-0.05, 0) is 24.3 Å². The molecule has 0 spiro atoms. The number of carbonyl (C=O) groups is 1. The lowest BCUT2D eigenvalue weighted by molar-refractivity contribution is 0.102. The Balaban J connectivity index is 1.94. The molecule has 94 valence electrons. The summed E-state index contributed by atoms with van der Waals surface area (Å²) in [6.07, 6.45) is 0. The third-order valence-corrected chi connectivity index (χ3v) is 3.06. The highest BCUT2D eigenvalue weighted by molar-refractivity contribution is 7.99. The summed E-state index contributed by atoms with van der Waals surface area (Å²) in [5.74, 6) is 1.51. The first kappa shape index (κ1) is 12.6. The highest BCUT2D eigenvalue weighted by atomic mass is 32.2. The van der Waals surface area contributed by atoms with Crippen LogP contribution in [0.15, 0.2) is 33.9 Å². The van der Waals surface area contributed by atoms with Gasteiger partial charge in [0.2, 0.25) is 5.89 Å². The maximum Gasteiger partial charge on any atom is 0.277 e. The maximum absolute atomic E-state index is 11.9. The Morgan fingerprint density at radius 1 is 1.33 bits per heavy atom. The molecule has 0 aliphatic rings. The van der Waals surface area contributed by atoms with Crippen molar-refractivity contribution in [2.24, 2.45) is 0 Å². The molecule has 0 amide bonds. The molecule has 0 saturated heterocycles. The van der Waals surface area contributed by atoms with Crippen LogP contribution in [0.25, 0.3) is 0 Å². The molecule has 0 bridgehead atoms. The maximum atomic E-state index is 11.9. The number of carbonyl (C=O) groups excluding carboxylic acids is 1. The SMILES string of the molecule is COc1ccc(C(=O)CSc2nnc(C)o2)cc1. The van der Waals surface area contributed by atoms with Crippen molar-refractivity contribution in [3.8, 4) is 5.75 Å². The number of ether oxygens (including phenoxy) is 1. The van der Waals surface area contributed by atoms with E-state index < -0.39 is 0 Å². The molecule has 2 rings (SSSR count). The first-order valence-electron chi connectivity index (χ1n) is 5.29. The highest BCUT2D eigenvalue weighted by Crippen LogP contribution is 2.18. The summed E-state index contributed by atoms with van der Waals surface area (Å²) in [5, 5.41) is 7.92. The average molecular weight is 264 g/mol. The molecule has 0 aliphatic heterocycles. The Bertz CT molecular complexity index is 537. The van der Waals surface area contributed by atoms with Gasteiger partial charge in [-0.25, -0.2) is 0 Å². The van der Waals surface area contributed by atoms with Gasteiger partial charge in [-0.3, -0.25) is 4.79 Å². The quantitative estimate of drug-likeness (QED) is 0.610. The van der Waals surface area contributed by atoms with E-state index in [9.17, 15) is 4.79 Å². The molecule has 1 aromatic carbocycles. The van der Waals surface area contributed by atoms with Crippen molar-refractivity contribution in [1.82, 2.24) is 10.2 Å². The van der Waals surface area contributed by atoms with Crippen molar-refractivity contribution in [3.63, 3.8) is 0 Å². The summed E-state index contributed by atoms with van der Waals surface area (Å²) in [6, 6.07) is 6.99. The van der Waals surface area contributed by atoms with Crippen LogP contribution < -0.4 is 4.74 Å². The smallest absolute Gasteiger partial charge is 0.277 e. The number of aryl methyl sites for hydroxylation is 1. The third-order valence-electron chi connectivity index (χ3n) is 2.25. The second-order valence-electron chi connectivity index (χ2n) is 3.53. The van der Waals surface area contributed by atoms with E-state index in [0.29, 0.717) is 16.7 Å². The van der Waals surface area contributed by atoms with E-state index in [1.54, 1.807) is 38.3 Å². The Hall–Kier alpha value is -1.82. The van der Waals surface area contributed by atoms with Crippen LogP contribution in [0.3, 0.4) is 0 Å². The van der Waals surface area contributed by atoms with Crippen molar-refractivity contribution in [2.45, 2.75) is 12.1 Å². The van der Waals surface area contributed by atoms with E-state index in [1.165, 1.54) is 11.8 Å². The van der Waals surface area contributed by atoms with E-state index in [1.807, 2.05) is 0 Å². The summed E-state index contributed by atoms with van der Waals surface area (Å²) in [6.45, 7) is 1.71. The lowest BCUT2D eigenvalue weighted by atomic mass is 10.1. The van der Waals surface area contributed by atoms with Gasteiger partial charge in [-0.1, -0.05) is 11.8 Å². The summed E-state index contributed by atoms with van der Waals surface area (Å²) in [5.41, 5.74) is 0.638. The molecule has 1 heterocycles. The van der Waals surface area contributed by atoms with E-state index in [2.05, 4.69) is 10.2 Å². The number of benzene rings is 1. The molecule has 1 aromatic heterocycles. The first-order chi connectivity index (χ1) is 8.69. The van der Waals surface area contributed by atoms with Crippen LogP contribution in [0.1, 0.15) is 16.2 Å². The van der Waals surface area contributed by atoms with Crippen LogP contribution in [0.5, 0.6) is 5.75 Å². The number of hydrogen-bond acceptors (Lipinski definition) is 6. The lowest BCUT2D eigenvalue weighted by Crippen LogP contribution is -2.02. The summed E-state index contributed by atoms with van der Waals surface area (Å²) in [4.78, 5) is 11.9. The molecule has 0 N–H and O–H groups in total. The topological polar surface area (TPSA) is 65.2 Å². The molecule has 18 heavy (non-hydrogen) atoms. The molecule has 0 unspecified atom stereocenters. The number of nitrogens with zero attached hydrogens (tertiary/aromatic N) is 2.